The Morgan fingerprint density at radius 1 is 0.328 bits per heavy atom. The van der Waals surface area contributed by atoms with Crippen LogP contribution in [0.25, 0.3) is 89.9 Å². The third kappa shape index (κ3) is 5.53. The van der Waals surface area contributed by atoms with Gasteiger partial charge in [-0.15, -0.1) is 0 Å². The average Bonchev–Trinajstić information content (AvgIpc) is 3.82. The molecule has 2 aromatic heterocycles. The molecule has 0 atom stereocenters. The number of hydrogen-bond donors (Lipinski definition) is 0. The van der Waals surface area contributed by atoms with Gasteiger partial charge in [0.05, 0.1) is 27.8 Å². The molecule has 0 saturated carbocycles. The summed E-state index contributed by atoms with van der Waals surface area (Å²) in [4.78, 5) is 18.2. The van der Waals surface area contributed by atoms with Crippen LogP contribution in [0.2, 0.25) is 0 Å². The highest BCUT2D eigenvalue weighted by molar-refractivity contribution is 6.00. The fraction of sp³-hybridized carbons (Fsp3) is 0.0175. The quantitative estimate of drug-likeness (QED) is 0.169. The standard InChI is InChI=1S/C57H36N4/c1-2-14-39(15-3-1)54-59-55(61-56(60-54)41-33-29-38(30-34-41)52-26-10-11-35-58-52)40-31-27-37(28-32-40)42-16-12-17-43(36-42)44-21-13-25-51-53(44)47-20-6-9-24-50(47)57(51)48-22-7-4-18-45(48)46-19-5-8-23-49(46)57/h1-36H/p+1. The number of pyridine rings is 1. The van der Waals surface area contributed by atoms with E-state index in [9.17, 15) is 0 Å². The minimum absolute atomic E-state index is 0.371. The molecule has 12 rings (SSSR count). The zero-order valence-electron chi connectivity index (χ0n) is 33.1. The first-order chi connectivity index (χ1) is 30.2. The van der Waals surface area contributed by atoms with Gasteiger partial charge in [0.1, 0.15) is 0 Å². The molecule has 8 aromatic carbocycles. The summed E-state index contributed by atoms with van der Waals surface area (Å²) in [6.07, 6.45) is 1.82. The second kappa shape index (κ2) is 14.0. The summed E-state index contributed by atoms with van der Waals surface area (Å²) in [7, 11) is 0. The molecule has 284 valence electrons. The van der Waals surface area contributed by atoms with E-state index in [4.69, 9.17) is 9.97 Å². The van der Waals surface area contributed by atoms with Crippen LogP contribution in [0.3, 0.4) is 0 Å². The highest BCUT2D eigenvalue weighted by Crippen LogP contribution is 2.63. The van der Waals surface area contributed by atoms with Crippen LogP contribution in [-0.2, 0) is 5.41 Å². The zero-order valence-corrected chi connectivity index (χ0v) is 33.1. The summed E-state index contributed by atoms with van der Waals surface area (Å²) in [5, 5.41) is 0. The Morgan fingerprint density at radius 3 is 1.51 bits per heavy atom. The maximum absolute atomic E-state index is 5.09. The van der Waals surface area contributed by atoms with Gasteiger partial charge < -0.3 is 0 Å². The Balaban J connectivity index is 0.926. The molecule has 4 heteroatoms. The third-order valence-corrected chi connectivity index (χ3v) is 12.5. The van der Waals surface area contributed by atoms with Crippen LogP contribution in [0.4, 0.5) is 0 Å². The van der Waals surface area contributed by atoms with Gasteiger partial charge in [0.15, 0.2) is 0 Å². The predicted molar refractivity (Wildman–Crippen MR) is 245 cm³/mol. The Hall–Kier alpha value is -8.08. The smallest absolute Gasteiger partial charge is 0.256 e. The lowest BCUT2D eigenvalue weighted by atomic mass is 9.70. The number of nitrogens with zero attached hydrogens (tertiary/aromatic N) is 3. The highest BCUT2D eigenvalue weighted by Gasteiger charge is 2.51. The van der Waals surface area contributed by atoms with Gasteiger partial charge in [-0.3, -0.25) is 4.98 Å². The highest BCUT2D eigenvalue weighted by atomic mass is 15.0. The maximum Gasteiger partial charge on any atom is 0.308 e. The zero-order chi connectivity index (χ0) is 40.3. The van der Waals surface area contributed by atoms with Gasteiger partial charge >= 0.3 is 5.82 Å². The van der Waals surface area contributed by atoms with E-state index in [0.29, 0.717) is 5.82 Å². The number of aromatic amines is 1. The van der Waals surface area contributed by atoms with E-state index in [1.807, 2.05) is 42.6 Å². The summed E-state index contributed by atoms with van der Waals surface area (Å²) in [6, 6.07) is 76.0. The Morgan fingerprint density at radius 2 is 0.820 bits per heavy atom. The van der Waals surface area contributed by atoms with Crippen LogP contribution in [-0.4, -0.2) is 15.0 Å². The van der Waals surface area contributed by atoms with E-state index in [2.05, 4.69) is 186 Å². The number of fused-ring (bicyclic) bond motifs is 10. The summed E-state index contributed by atoms with van der Waals surface area (Å²) < 4.78 is 0. The number of hydrogen-bond acceptors (Lipinski definition) is 3. The summed E-state index contributed by atoms with van der Waals surface area (Å²) in [5.74, 6) is 2.16. The van der Waals surface area contributed by atoms with Crippen molar-refractivity contribution in [2.45, 2.75) is 5.41 Å². The molecule has 0 saturated heterocycles. The normalized spacial score (nSPS) is 12.7. The monoisotopic (exact) mass is 777 g/mol. The van der Waals surface area contributed by atoms with Crippen molar-refractivity contribution in [3.05, 3.63) is 241 Å². The first kappa shape index (κ1) is 34.9. The van der Waals surface area contributed by atoms with Crippen LogP contribution in [0, 0.1) is 0 Å². The molecule has 2 aliphatic carbocycles. The lowest BCUT2D eigenvalue weighted by Gasteiger charge is -2.30. The molecule has 2 aliphatic rings. The maximum atomic E-state index is 5.09. The van der Waals surface area contributed by atoms with Crippen molar-refractivity contribution in [1.29, 1.82) is 0 Å². The molecule has 10 aromatic rings. The van der Waals surface area contributed by atoms with Crippen LogP contribution < -0.4 is 4.98 Å². The molecule has 0 bridgehead atoms. The second-order valence-electron chi connectivity index (χ2n) is 15.8. The molecule has 0 fully saturated rings. The Kier molecular flexibility index (Phi) is 8.04. The molecular formula is C57H37N4+. The van der Waals surface area contributed by atoms with E-state index in [-0.39, 0.29) is 5.41 Å². The second-order valence-corrected chi connectivity index (χ2v) is 15.8. The largest absolute Gasteiger partial charge is 0.308 e. The topological polar surface area (TPSA) is 52.8 Å². The van der Waals surface area contributed by atoms with Crippen molar-refractivity contribution < 1.29 is 4.98 Å². The van der Waals surface area contributed by atoms with E-state index < -0.39 is 0 Å². The van der Waals surface area contributed by atoms with Gasteiger partial charge in [0.2, 0.25) is 0 Å². The van der Waals surface area contributed by atoms with Crippen molar-refractivity contribution in [2.24, 2.45) is 0 Å². The van der Waals surface area contributed by atoms with Crippen molar-refractivity contribution in [2.75, 3.05) is 0 Å². The molecule has 1 spiro atoms. The minimum atomic E-state index is -0.371. The van der Waals surface area contributed by atoms with E-state index >= 15 is 0 Å². The molecule has 0 unspecified atom stereocenters. The molecule has 2 heterocycles. The number of rotatable bonds is 6. The first-order valence-electron chi connectivity index (χ1n) is 20.8. The number of H-pyrrole nitrogens is 1. The van der Waals surface area contributed by atoms with Gasteiger partial charge in [-0.05, 0) is 121 Å². The number of benzene rings is 8. The molecule has 4 nitrogen and oxygen atoms in total. The van der Waals surface area contributed by atoms with Crippen molar-refractivity contribution in [3.63, 3.8) is 0 Å². The fourth-order valence-electron chi connectivity index (χ4n) is 9.80. The van der Waals surface area contributed by atoms with Crippen LogP contribution in [0.15, 0.2) is 219 Å². The summed E-state index contributed by atoms with van der Waals surface area (Å²) >= 11 is 0. The van der Waals surface area contributed by atoms with Gasteiger partial charge in [-0.25, -0.2) is 4.98 Å². The van der Waals surface area contributed by atoms with Crippen LogP contribution in [0.1, 0.15) is 22.3 Å². The molecule has 61 heavy (non-hydrogen) atoms. The minimum Gasteiger partial charge on any atom is -0.256 e. The summed E-state index contributed by atoms with van der Waals surface area (Å²) in [5.41, 5.74) is 19.9. The van der Waals surface area contributed by atoms with E-state index in [1.165, 1.54) is 55.6 Å². The van der Waals surface area contributed by atoms with E-state index in [0.717, 1.165) is 50.7 Å². The average molecular weight is 778 g/mol. The number of aromatic nitrogens is 4. The van der Waals surface area contributed by atoms with E-state index in [1.54, 1.807) is 0 Å². The predicted octanol–water partition coefficient (Wildman–Crippen LogP) is 13.0. The summed E-state index contributed by atoms with van der Waals surface area (Å²) in [6.45, 7) is 0. The molecule has 0 radical (unpaired) electrons. The SMILES string of the molecule is c1ccc(-c2nc(-c3ccc(-c4ccccn4)cc3)nc(-c3ccc(-c4cccc(-c5cccc6c5-c5ccccc5C65c6ccccc6-c6ccccc65)c4)cc3)[nH+]2)cc1. The van der Waals surface area contributed by atoms with Gasteiger partial charge in [0, 0.05) is 11.8 Å². The molecule has 0 aliphatic heterocycles. The molecule has 0 amide bonds. The van der Waals surface area contributed by atoms with Crippen molar-refractivity contribution >= 4 is 0 Å². The fourth-order valence-corrected chi connectivity index (χ4v) is 9.80. The number of nitrogens with one attached hydrogen (secondary N) is 1. The van der Waals surface area contributed by atoms with Crippen LogP contribution in [0.5, 0.6) is 0 Å². The van der Waals surface area contributed by atoms with Crippen LogP contribution >= 0.6 is 0 Å². The van der Waals surface area contributed by atoms with Gasteiger partial charge in [-0.1, -0.05) is 168 Å². The molecule has 1 N–H and O–H groups in total. The van der Waals surface area contributed by atoms with Gasteiger partial charge in [0.25, 0.3) is 11.6 Å². The third-order valence-electron chi connectivity index (χ3n) is 12.5. The lowest BCUT2D eigenvalue weighted by molar-refractivity contribution is -0.359. The molecular weight excluding hydrogens is 741 g/mol. The Labute approximate surface area is 354 Å². The first-order valence-corrected chi connectivity index (χ1v) is 20.8. The van der Waals surface area contributed by atoms with Gasteiger partial charge in [-0.2, -0.15) is 0 Å². The van der Waals surface area contributed by atoms with Crippen molar-refractivity contribution in [3.8, 4) is 89.9 Å². The Bertz CT molecular complexity index is 3240. The van der Waals surface area contributed by atoms with Crippen molar-refractivity contribution in [1.82, 2.24) is 15.0 Å². The lowest BCUT2D eigenvalue weighted by Crippen LogP contribution is -2.25.